The highest BCUT2D eigenvalue weighted by molar-refractivity contribution is 6.02. The van der Waals surface area contributed by atoms with Gasteiger partial charge >= 0.3 is 0 Å². The summed E-state index contributed by atoms with van der Waals surface area (Å²) in [5.74, 6) is 3.17. The Kier molecular flexibility index (Phi) is 5.35. The van der Waals surface area contributed by atoms with Crippen LogP contribution in [0.4, 0.5) is 0 Å². The van der Waals surface area contributed by atoms with Crippen LogP contribution in [-0.2, 0) is 0 Å². The third-order valence-electron chi connectivity index (χ3n) is 5.88. The number of ether oxygens (including phenoxy) is 4. The maximum absolute atomic E-state index is 6.55. The summed E-state index contributed by atoms with van der Waals surface area (Å²) in [6, 6.07) is 22.1. The molecule has 2 aliphatic rings. The molecular weight excluding hydrogens is 404 g/mol. The third kappa shape index (κ3) is 3.51. The fourth-order valence-corrected chi connectivity index (χ4v) is 4.32. The predicted molar refractivity (Wildman–Crippen MR) is 123 cm³/mol. The van der Waals surface area contributed by atoms with Gasteiger partial charge in [-0.05, 0) is 49.4 Å². The van der Waals surface area contributed by atoms with E-state index in [1.54, 1.807) is 14.2 Å². The van der Waals surface area contributed by atoms with Gasteiger partial charge in [0.05, 0.1) is 32.6 Å². The highest BCUT2D eigenvalue weighted by Gasteiger charge is 2.42. The van der Waals surface area contributed by atoms with Gasteiger partial charge in [0.1, 0.15) is 11.5 Å². The Hall–Kier alpha value is -3.67. The number of methoxy groups -OCH3 is 2. The molecule has 6 nitrogen and oxygen atoms in total. The molecule has 164 valence electrons. The average molecular weight is 431 g/mol. The highest BCUT2D eigenvalue weighted by atomic mass is 16.5. The van der Waals surface area contributed by atoms with E-state index in [4.69, 9.17) is 24.0 Å². The molecule has 3 aromatic carbocycles. The van der Waals surface area contributed by atoms with Gasteiger partial charge in [-0.1, -0.05) is 24.3 Å². The minimum absolute atomic E-state index is 0.0486. The monoisotopic (exact) mass is 430 g/mol. The molecule has 0 saturated carbocycles. The SMILES string of the molecule is CCOc1cccc2c1O[C@H](c1ccc(OC)cc1)N1N=C(c3cccc(OC)c3)C[C@@H]21. The van der Waals surface area contributed by atoms with Gasteiger partial charge in [0.25, 0.3) is 0 Å². The molecule has 0 fully saturated rings. The summed E-state index contributed by atoms with van der Waals surface area (Å²) >= 11 is 0. The first-order valence-electron chi connectivity index (χ1n) is 10.8. The standard InChI is InChI=1S/C26H26N2O4/c1-4-31-24-10-6-9-21-23-16-22(18-7-5-8-20(15-18)30-3)27-28(23)26(32-25(21)24)17-11-13-19(29-2)14-12-17/h5-15,23,26H,4,16H2,1-3H3/t23-,26+/m0/s1. The summed E-state index contributed by atoms with van der Waals surface area (Å²) in [7, 11) is 3.34. The Balaban J connectivity index is 1.59. The van der Waals surface area contributed by atoms with Crippen LogP contribution in [-0.4, -0.2) is 31.5 Å². The molecule has 0 bridgehead atoms. The Morgan fingerprint density at radius 3 is 2.50 bits per heavy atom. The molecule has 0 saturated heterocycles. The van der Waals surface area contributed by atoms with E-state index >= 15 is 0 Å². The Morgan fingerprint density at radius 2 is 1.75 bits per heavy atom. The molecular formula is C26H26N2O4. The summed E-state index contributed by atoms with van der Waals surface area (Å²) in [6.45, 7) is 2.56. The number of para-hydroxylation sites is 1. The van der Waals surface area contributed by atoms with Crippen LogP contribution >= 0.6 is 0 Å². The first kappa shape index (κ1) is 20.2. The fraction of sp³-hybridized carbons (Fsp3) is 0.269. The molecule has 5 rings (SSSR count). The van der Waals surface area contributed by atoms with Gasteiger partial charge < -0.3 is 18.9 Å². The molecule has 0 aromatic heterocycles. The Morgan fingerprint density at radius 1 is 0.969 bits per heavy atom. The second-order valence-electron chi connectivity index (χ2n) is 7.73. The summed E-state index contributed by atoms with van der Waals surface area (Å²) in [5.41, 5.74) is 4.14. The molecule has 0 N–H and O–H groups in total. The van der Waals surface area contributed by atoms with Crippen LogP contribution < -0.4 is 18.9 Å². The second-order valence-corrected chi connectivity index (χ2v) is 7.73. The molecule has 32 heavy (non-hydrogen) atoms. The lowest BCUT2D eigenvalue weighted by molar-refractivity contribution is -0.0212. The molecule has 3 aromatic rings. The van der Waals surface area contributed by atoms with Crippen molar-refractivity contribution in [1.82, 2.24) is 5.01 Å². The molecule has 2 aliphatic heterocycles. The normalized spacial score (nSPS) is 18.8. The first-order valence-corrected chi connectivity index (χ1v) is 10.8. The van der Waals surface area contributed by atoms with Crippen LogP contribution in [0.5, 0.6) is 23.0 Å². The summed E-state index contributed by atoms with van der Waals surface area (Å²) in [4.78, 5) is 0. The lowest BCUT2D eigenvalue weighted by atomic mass is 9.95. The van der Waals surface area contributed by atoms with E-state index in [0.29, 0.717) is 6.61 Å². The molecule has 2 atom stereocenters. The van der Waals surface area contributed by atoms with Crippen molar-refractivity contribution >= 4 is 5.71 Å². The fourth-order valence-electron chi connectivity index (χ4n) is 4.32. The predicted octanol–water partition coefficient (Wildman–Crippen LogP) is 5.34. The first-order chi connectivity index (χ1) is 15.7. The number of fused-ring (bicyclic) bond motifs is 3. The number of hydrazone groups is 1. The number of rotatable bonds is 6. The quantitative estimate of drug-likeness (QED) is 0.528. The zero-order valence-electron chi connectivity index (χ0n) is 18.4. The Bertz CT molecular complexity index is 1140. The smallest absolute Gasteiger partial charge is 0.214 e. The lowest BCUT2D eigenvalue weighted by Gasteiger charge is -2.38. The summed E-state index contributed by atoms with van der Waals surface area (Å²) in [5, 5.41) is 7.09. The topological polar surface area (TPSA) is 52.5 Å². The highest BCUT2D eigenvalue weighted by Crippen LogP contribution is 2.50. The summed E-state index contributed by atoms with van der Waals surface area (Å²) < 4.78 is 23.2. The van der Waals surface area contributed by atoms with Crippen LogP contribution in [0.15, 0.2) is 71.8 Å². The van der Waals surface area contributed by atoms with Crippen molar-refractivity contribution in [1.29, 1.82) is 0 Å². The van der Waals surface area contributed by atoms with Gasteiger partial charge in [-0.25, -0.2) is 5.01 Å². The van der Waals surface area contributed by atoms with Crippen LogP contribution in [0, 0.1) is 0 Å². The molecule has 6 heteroatoms. The van der Waals surface area contributed by atoms with Gasteiger partial charge in [0, 0.05) is 23.1 Å². The van der Waals surface area contributed by atoms with Crippen LogP contribution in [0.3, 0.4) is 0 Å². The van der Waals surface area contributed by atoms with E-state index in [1.165, 1.54) is 0 Å². The van der Waals surface area contributed by atoms with E-state index in [9.17, 15) is 0 Å². The zero-order chi connectivity index (χ0) is 22.1. The van der Waals surface area contributed by atoms with E-state index < -0.39 is 0 Å². The molecule has 0 spiro atoms. The minimum atomic E-state index is -0.372. The number of hydrogen-bond donors (Lipinski definition) is 0. The van der Waals surface area contributed by atoms with Crippen LogP contribution in [0.2, 0.25) is 0 Å². The lowest BCUT2D eigenvalue weighted by Crippen LogP contribution is -2.33. The molecule has 0 unspecified atom stereocenters. The summed E-state index contributed by atoms with van der Waals surface area (Å²) in [6.07, 6.45) is 0.397. The van der Waals surface area contributed by atoms with Gasteiger partial charge in [-0.15, -0.1) is 0 Å². The van der Waals surface area contributed by atoms with Gasteiger partial charge in [-0.3, -0.25) is 0 Å². The van der Waals surface area contributed by atoms with Crippen molar-refractivity contribution in [2.24, 2.45) is 5.10 Å². The van der Waals surface area contributed by atoms with Gasteiger partial charge in [0.15, 0.2) is 11.5 Å². The average Bonchev–Trinajstić information content (AvgIpc) is 3.30. The molecule has 2 heterocycles. The van der Waals surface area contributed by atoms with Gasteiger partial charge in [0.2, 0.25) is 6.23 Å². The van der Waals surface area contributed by atoms with Crippen molar-refractivity contribution in [2.45, 2.75) is 25.6 Å². The van der Waals surface area contributed by atoms with Crippen molar-refractivity contribution in [2.75, 3.05) is 20.8 Å². The third-order valence-corrected chi connectivity index (χ3v) is 5.88. The maximum Gasteiger partial charge on any atom is 0.214 e. The van der Waals surface area contributed by atoms with Crippen molar-refractivity contribution < 1.29 is 18.9 Å². The van der Waals surface area contributed by atoms with E-state index in [-0.39, 0.29) is 12.3 Å². The van der Waals surface area contributed by atoms with E-state index in [1.807, 2.05) is 61.5 Å². The van der Waals surface area contributed by atoms with Crippen LogP contribution in [0.1, 0.15) is 42.3 Å². The zero-order valence-corrected chi connectivity index (χ0v) is 18.4. The van der Waals surface area contributed by atoms with Crippen molar-refractivity contribution in [3.8, 4) is 23.0 Å². The van der Waals surface area contributed by atoms with E-state index in [2.05, 4.69) is 17.1 Å². The number of nitrogens with zero attached hydrogens (tertiary/aromatic N) is 2. The molecule has 0 aliphatic carbocycles. The minimum Gasteiger partial charge on any atom is -0.497 e. The van der Waals surface area contributed by atoms with Crippen LogP contribution in [0.25, 0.3) is 0 Å². The second kappa shape index (κ2) is 8.46. The largest absolute Gasteiger partial charge is 0.497 e. The van der Waals surface area contributed by atoms with Crippen molar-refractivity contribution in [3.05, 3.63) is 83.4 Å². The number of hydrogen-bond acceptors (Lipinski definition) is 6. The maximum atomic E-state index is 6.55. The van der Waals surface area contributed by atoms with Gasteiger partial charge in [-0.2, -0.15) is 5.10 Å². The Labute approximate surface area is 188 Å². The van der Waals surface area contributed by atoms with Crippen molar-refractivity contribution in [3.63, 3.8) is 0 Å². The van der Waals surface area contributed by atoms with E-state index in [0.717, 1.165) is 51.8 Å². The number of benzene rings is 3. The molecule has 0 amide bonds. The molecule has 0 radical (unpaired) electrons.